The molecular weight excluding hydrogens is 855 g/mol. The van der Waals surface area contributed by atoms with Crippen LogP contribution in [0.2, 0.25) is 0 Å². The van der Waals surface area contributed by atoms with Crippen molar-refractivity contribution in [3.05, 3.63) is 41.0 Å². The second-order valence-electron chi connectivity index (χ2n) is 25.6. The van der Waals surface area contributed by atoms with Crippen LogP contribution >= 0.6 is 0 Å². The number of amides is 1. The number of aliphatic hydroxyl groups excluding tert-OH is 2. The Labute approximate surface area is 407 Å². The molecule has 0 bridgehead atoms. The summed E-state index contributed by atoms with van der Waals surface area (Å²) in [4.78, 5) is 45.1. The van der Waals surface area contributed by atoms with Crippen molar-refractivity contribution >= 4 is 23.3 Å². The molecule has 2 saturated heterocycles. The molecule has 68 heavy (non-hydrogen) atoms. The number of nitrogens with zero attached hydrogens (tertiary/aromatic N) is 2. The Balaban J connectivity index is 0.904. The summed E-state index contributed by atoms with van der Waals surface area (Å²) < 4.78 is 12.3. The maximum atomic E-state index is 14.4. The van der Waals surface area contributed by atoms with Gasteiger partial charge in [0.2, 0.25) is 0 Å². The minimum absolute atomic E-state index is 0.00864. The van der Waals surface area contributed by atoms with E-state index in [-0.39, 0.29) is 69.2 Å². The number of morpholine rings is 1. The van der Waals surface area contributed by atoms with Gasteiger partial charge in [0.15, 0.2) is 12.1 Å². The number of nitrogens with one attached hydrogen (secondary N) is 1. The number of allylic oxidation sites excluding steroid dienone is 1. The SMILES string of the molecule is CC[C@@]12CC[C@]3(C)[C@H](CC[C@@H]4C5=C(C(C)C)C(=O)CC5([C@@H](O)CNC(=O)c5ccc(N6CCC(N7CCOCC7)CC6)cc5)CC[C@]43C)C1(C)CCC(OC(O)[C@H]1C[C@@H](C(=O)O)C1(C)C)C2(C)C. The van der Waals surface area contributed by atoms with Crippen LogP contribution in [-0.2, 0) is 19.1 Å². The number of ketones is 1. The third-order valence-electron chi connectivity index (χ3n) is 22.6. The van der Waals surface area contributed by atoms with Crippen LogP contribution in [-0.4, -0.2) is 108 Å². The highest BCUT2D eigenvalue weighted by atomic mass is 16.6. The molecule has 4 unspecified atom stereocenters. The van der Waals surface area contributed by atoms with E-state index < -0.39 is 35.1 Å². The zero-order chi connectivity index (χ0) is 49.0. The molecule has 7 fully saturated rings. The molecule has 4 N–H and O–H groups in total. The smallest absolute Gasteiger partial charge is 0.307 e. The summed E-state index contributed by atoms with van der Waals surface area (Å²) in [5.41, 5.74) is 2.27. The van der Waals surface area contributed by atoms with Gasteiger partial charge in [0, 0.05) is 67.8 Å². The zero-order valence-corrected chi connectivity index (χ0v) is 43.4. The first-order chi connectivity index (χ1) is 32.0. The van der Waals surface area contributed by atoms with Crippen molar-refractivity contribution in [3.63, 3.8) is 0 Å². The van der Waals surface area contributed by atoms with Crippen LogP contribution in [0.4, 0.5) is 5.69 Å². The van der Waals surface area contributed by atoms with Gasteiger partial charge in [-0.25, -0.2) is 0 Å². The number of hydrogen-bond donors (Lipinski definition) is 4. The normalized spacial score (nSPS) is 40.1. The van der Waals surface area contributed by atoms with E-state index in [2.05, 4.69) is 82.6 Å². The lowest BCUT2D eigenvalue weighted by atomic mass is 9.29. The van der Waals surface area contributed by atoms with Gasteiger partial charge in [-0.05, 0) is 157 Å². The largest absolute Gasteiger partial charge is 0.481 e. The molecule has 0 radical (unpaired) electrons. The second kappa shape index (κ2) is 17.7. The molecule has 1 aromatic carbocycles. The monoisotopic (exact) mass is 942 g/mol. The molecule has 0 aromatic heterocycles. The molecule has 11 heteroatoms. The van der Waals surface area contributed by atoms with E-state index in [0.717, 1.165) is 121 Å². The van der Waals surface area contributed by atoms with E-state index in [1.54, 1.807) is 0 Å². The third-order valence-corrected chi connectivity index (χ3v) is 22.6. The molecule has 378 valence electrons. The minimum atomic E-state index is -0.999. The highest BCUT2D eigenvalue weighted by Crippen LogP contribution is 2.80. The predicted octanol–water partition coefficient (Wildman–Crippen LogP) is 9.29. The van der Waals surface area contributed by atoms with E-state index in [1.165, 1.54) is 5.57 Å². The van der Waals surface area contributed by atoms with E-state index in [9.17, 15) is 29.7 Å². The number of aliphatic carboxylic acids is 1. The summed E-state index contributed by atoms with van der Waals surface area (Å²) in [6.07, 6.45) is 9.65. The summed E-state index contributed by atoms with van der Waals surface area (Å²) in [7, 11) is 0. The number of benzene rings is 1. The van der Waals surface area contributed by atoms with Crippen molar-refractivity contribution in [3.8, 4) is 0 Å². The summed E-state index contributed by atoms with van der Waals surface area (Å²) in [6, 6.07) is 8.53. The van der Waals surface area contributed by atoms with E-state index >= 15 is 0 Å². The lowest BCUT2D eigenvalue weighted by molar-refractivity contribution is -0.310. The van der Waals surface area contributed by atoms with Crippen molar-refractivity contribution in [2.75, 3.05) is 50.8 Å². The standard InChI is InChI=1S/C57H87N3O8/c1-11-57-25-23-54(9)43(55(57,10)21-18-45(52(57,6)7)68-50(66)41-32-40(49(64)65)51(41,4)5)17-16-39-47-46(35(2)3)42(61)33-56(47,24-22-53(39,54)8)44(62)34-58-48(63)36-12-14-37(15-13-36)59-26-19-38(20-27-59)60-28-30-67-31-29-60/h12-15,35,38-41,43-45,50,62,66H,11,16-34H2,1-10H3,(H,58,63)(H,64,65)/t39-,40+,41-,43+,44+,45?,50?,53-,54-,55?,56?,57+/m1/s1. The highest BCUT2D eigenvalue weighted by molar-refractivity contribution is 6.01. The molecular formula is C57H87N3O8. The molecule has 1 aromatic rings. The van der Waals surface area contributed by atoms with Crippen molar-refractivity contribution in [2.24, 2.45) is 67.5 Å². The molecule has 9 rings (SSSR count). The van der Waals surface area contributed by atoms with Crippen molar-refractivity contribution < 1.29 is 39.2 Å². The molecule has 12 atom stereocenters. The lowest BCUT2D eigenvalue weighted by Gasteiger charge is -2.76. The Morgan fingerprint density at radius 2 is 1.50 bits per heavy atom. The zero-order valence-electron chi connectivity index (χ0n) is 43.4. The van der Waals surface area contributed by atoms with Crippen molar-refractivity contribution in [2.45, 2.75) is 177 Å². The van der Waals surface area contributed by atoms with Crippen LogP contribution < -0.4 is 10.2 Å². The number of Topliss-reactive ketones (excluding diaryl/α,β-unsaturated/α-hetero) is 1. The molecule has 0 spiro atoms. The van der Waals surface area contributed by atoms with Gasteiger partial charge >= 0.3 is 5.97 Å². The predicted molar refractivity (Wildman–Crippen MR) is 265 cm³/mol. The van der Waals surface area contributed by atoms with Crippen molar-refractivity contribution in [1.82, 2.24) is 10.2 Å². The second-order valence-corrected chi connectivity index (χ2v) is 25.6. The van der Waals surface area contributed by atoms with Crippen molar-refractivity contribution in [1.29, 1.82) is 0 Å². The average Bonchev–Trinajstić information content (AvgIpc) is 3.62. The molecule has 6 aliphatic carbocycles. The topological polar surface area (TPSA) is 149 Å². The fourth-order valence-corrected chi connectivity index (χ4v) is 18.2. The fourth-order valence-electron chi connectivity index (χ4n) is 18.2. The van der Waals surface area contributed by atoms with Gasteiger partial charge in [-0.15, -0.1) is 0 Å². The summed E-state index contributed by atoms with van der Waals surface area (Å²) in [5.74, 6) is -0.852. The number of rotatable bonds is 12. The first-order valence-electron chi connectivity index (χ1n) is 27.0. The highest BCUT2D eigenvalue weighted by Gasteiger charge is 2.74. The Morgan fingerprint density at radius 3 is 2.12 bits per heavy atom. The molecule has 1 amide bonds. The average molecular weight is 942 g/mol. The maximum Gasteiger partial charge on any atom is 0.307 e. The number of carbonyl (C=O) groups excluding carboxylic acids is 2. The molecule has 5 saturated carbocycles. The summed E-state index contributed by atoms with van der Waals surface area (Å²) in [6.45, 7) is 28.8. The maximum absolute atomic E-state index is 14.4. The van der Waals surface area contributed by atoms with E-state index in [4.69, 9.17) is 9.47 Å². The summed E-state index contributed by atoms with van der Waals surface area (Å²) >= 11 is 0. The van der Waals surface area contributed by atoms with Gasteiger partial charge < -0.3 is 35.0 Å². The summed E-state index contributed by atoms with van der Waals surface area (Å²) in [5, 5.41) is 37.1. The lowest BCUT2D eigenvalue weighted by Crippen LogP contribution is -2.70. The van der Waals surface area contributed by atoms with Crippen LogP contribution in [0.5, 0.6) is 0 Å². The number of carbonyl (C=O) groups is 3. The van der Waals surface area contributed by atoms with Crippen LogP contribution in [0.25, 0.3) is 0 Å². The van der Waals surface area contributed by atoms with Crippen LogP contribution in [0.15, 0.2) is 35.4 Å². The number of fused-ring (bicyclic) bond motifs is 7. The first kappa shape index (κ1) is 50.1. The van der Waals surface area contributed by atoms with Gasteiger partial charge in [0.1, 0.15) is 0 Å². The Bertz CT molecular complexity index is 2120. The fraction of sp³-hybridized carbons (Fsp3) is 0.807. The van der Waals surface area contributed by atoms with Crippen LogP contribution in [0.1, 0.15) is 163 Å². The molecule has 2 aliphatic heterocycles. The number of carboxylic acids is 1. The van der Waals surface area contributed by atoms with Crippen LogP contribution in [0, 0.1) is 67.5 Å². The van der Waals surface area contributed by atoms with Gasteiger partial charge in [0.25, 0.3) is 5.91 Å². The molecule has 8 aliphatic rings. The number of anilines is 1. The van der Waals surface area contributed by atoms with E-state index in [1.807, 2.05) is 26.0 Å². The Morgan fingerprint density at radius 1 is 0.838 bits per heavy atom. The number of carboxylic acid groups (broad SMARTS) is 1. The van der Waals surface area contributed by atoms with Gasteiger partial charge in [-0.1, -0.05) is 74.8 Å². The number of aliphatic hydroxyl groups is 2. The molecule has 2 heterocycles. The number of piperidine rings is 1. The van der Waals surface area contributed by atoms with Gasteiger partial charge in [0.05, 0.1) is 31.3 Å². The Kier molecular flexibility index (Phi) is 13.1. The van der Waals surface area contributed by atoms with Gasteiger partial charge in [-0.2, -0.15) is 0 Å². The number of ether oxygens (including phenoxy) is 2. The quantitative estimate of drug-likeness (QED) is 0.150. The first-order valence-corrected chi connectivity index (χ1v) is 27.0. The molecule has 11 nitrogen and oxygen atoms in total. The third kappa shape index (κ3) is 7.36. The Hall–Kier alpha value is -2.83. The van der Waals surface area contributed by atoms with E-state index in [0.29, 0.717) is 30.4 Å². The van der Waals surface area contributed by atoms with Crippen LogP contribution in [0.3, 0.4) is 0 Å². The number of hydrogen-bond acceptors (Lipinski definition) is 9. The van der Waals surface area contributed by atoms with Gasteiger partial charge in [-0.3, -0.25) is 19.3 Å². The minimum Gasteiger partial charge on any atom is -0.481 e.